The zero-order chi connectivity index (χ0) is 25.0. The summed E-state index contributed by atoms with van der Waals surface area (Å²) in [4.78, 5) is 46.9. The van der Waals surface area contributed by atoms with E-state index in [4.69, 9.17) is 4.74 Å². The Kier molecular flexibility index (Phi) is 6.75. The molecule has 0 saturated heterocycles. The SMILES string of the molecule is Cc1cc(=O)c(C(=O)OCC(=O)Nc2ccccc2[N+](=O)[O-])nn1-c1cccc(C(F)(F)F)c1. The predicted molar refractivity (Wildman–Crippen MR) is 112 cm³/mol. The lowest BCUT2D eigenvalue weighted by Crippen LogP contribution is -2.27. The van der Waals surface area contributed by atoms with Crippen LogP contribution in [0.4, 0.5) is 24.5 Å². The van der Waals surface area contributed by atoms with Crippen LogP contribution in [0.15, 0.2) is 59.4 Å². The van der Waals surface area contributed by atoms with Crippen molar-refractivity contribution in [3.05, 3.63) is 91.9 Å². The molecule has 3 rings (SSSR count). The number of aromatic nitrogens is 2. The number of amides is 1. The number of carbonyl (C=O) groups excluding carboxylic acids is 2. The number of benzene rings is 2. The van der Waals surface area contributed by atoms with Gasteiger partial charge < -0.3 is 10.1 Å². The fourth-order valence-corrected chi connectivity index (χ4v) is 2.89. The minimum atomic E-state index is -4.62. The lowest BCUT2D eigenvalue weighted by Gasteiger charge is -2.13. The molecule has 1 heterocycles. The number of hydrogen-bond acceptors (Lipinski definition) is 7. The number of aryl methyl sites for hydroxylation is 1. The van der Waals surface area contributed by atoms with Crippen LogP contribution in [0.5, 0.6) is 0 Å². The van der Waals surface area contributed by atoms with Gasteiger partial charge in [0, 0.05) is 17.8 Å². The molecule has 1 aromatic heterocycles. The zero-order valence-electron chi connectivity index (χ0n) is 17.3. The Morgan fingerprint density at radius 1 is 1.15 bits per heavy atom. The summed E-state index contributed by atoms with van der Waals surface area (Å²) in [5.41, 5.74) is -3.02. The number of nitrogens with zero attached hydrogens (tertiary/aromatic N) is 3. The van der Waals surface area contributed by atoms with Gasteiger partial charge in [-0.3, -0.25) is 19.7 Å². The molecular weight excluding hydrogens is 461 g/mol. The van der Waals surface area contributed by atoms with Crippen LogP contribution in [0.2, 0.25) is 0 Å². The van der Waals surface area contributed by atoms with Gasteiger partial charge in [-0.2, -0.15) is 18.3 Å². The van der Waals surface area contributed by atoms with Crippen molar-refractivity contribution in [3.63, 3.8) is 0 Å². The summed E-state index contributed by atoms with van der Waals surface area (Å²) in [5.74, 6) is -2.23. The number of nitro groups is 1. The molecule has 34 heavy (non-hydrogen) atoms. The van der Waals surface area contributed by atoms with Gasteiger partial charge >= 0.3 is 12.1 Å². The number of para-hydroxylation sites is 2. The van der Waals surface area contributed by atoms with Crippen LogP contribution in [0.1, 0.15) is 21.7 Å². The second-order valence-corrected chi connectivity index (χ2v) is 6.86. The van der Waals surface area contributed by atoms with Crippen molar-refractivity contribution < 1.29 is 32.4 Å². The Hall–Kier alpha value is -4.55. The van der Waals surface area contributed by atoms with Crippen molar-refractivity contribution in [1.82, 2.24) is 9.78 Å². The van der Waals surface area contributed by atoms with E-state index in [1.54, 1.807) is 0 Å². The van der Waals surface area contributed by atoms with Crippen LogP contribution in [-0.4, -0.2) is 33.2 Å². The van der Waals surface area contributed by atoms with Crippen molar-refractivity contribution in [1.29, 1.82) is 0 Å². The molecule has 3 aromatic rings. The highest BCUT2D eigenvalue weighted by Gasteiger charge is 2.30. The van der Waals surface area contributed by atoms with Gasteiger partial charge in [0.1, 0.15) is 5.69 Å². The van der Waals surface area contributed by atoms with Gasteiger partial charge in [0.05, 0.1) is 16.2 Å². The highest BCUT2D eigenvalue weighted by molar-refractivity contribution is 5.96. The Bertz CT molecular complexity index is 1340. The van der Waals surface area contributed by atoms with Crippen molar-refractivity contribution in [2.24, 2.45) is 0 Å². The van der Waals surface area contributed by atoms with Crippen LogP contribution in [-0.2, 0) is 15.7 Å². The fraction of sp³-hybridized carbons (Fsp3) is 0.143. The topological polar surface area (TPSA) is 133 Å². The Labute approximate surface area is 188 Å². The smallest absolute Gasteiger partial charge is 0.416 e. The van der Waals surface area contributed by atoms with E-state index in [0.717, 1.165) is 35.0 Å². The van der Waals surface area contributed by atoms with Crippen LogP contribution in [0.3, 0.4) is 0 Å². The molecule has 0 atom stereocenters. The van der Waals surface area contributed by atoms with Crippen LogP contribution in [0, 0.1) is 17.0 Å². The van der Waals surface area contributed by atoms with E-state index < -0.39 is 46.3 Å². The summed E-state index contributed by atoms with van der Waals surface area (Å²) >= 11 is 0. The fourth-order valence-electron chi connectivity index (χ4n) is 2.89. The Morgan fingerprint density at radius 3 is 2.53 bits per heavy atom. The number of halogens is 3. The molecule has 0 saturated carbocycles. The monoisotopic (exact) mass is 476 g/mol. The number of esters is 1. The molecule has 1 amide bonds. The molecule has 2 aromatic carbocycles. The molecule has 1 N–H and O–H groups in total. The van der Waals surface area contributed by atoms with Gasteiger partial charge in [0.2, 0.25) is 11.1 Å². The number of anilines is 1. The average molecular weight is 476 g/mol. The second-order valence-electron chi connectivity index (χ2n) is 6.86. The highest BCUT2D eigenvalue weighted by atomic mass is 19.4. The first-order valence-electron chi connectivity index (χ1n) is 9.46. The third-order valence-electron chi connectivity index (χ3n) is 4.43. The first-order chi connectivity index (χ1) is 16.0. The first-order valence-corrected chi connectivity index (χ1v) is 9.46. The molecule has 0 unspecified atom stereocenters. The number of ether oxygens (including phenoxy) is 1. The van der Waals surface area contributed by atoms with E-state index in [2.05, 4.69) is 10.4 Å². The standard InChI is InChI=1S/C21H15F3N4O6/c1-12-9-17(29)19(26-27(12)14-6-4-5-13(10-14)21(22,23)24)20(31)34-11-18(30)25-15-7-2-3-8-16(15)28(32)33/h2-10H,11H2,1H3,(H,25,30). The minimum absolute atomic E-state index is 0.0597. The second kappa shape index (κ2) is 9.52. The minimum Gasteiger partial charge on any atom is -0.451 e. The summed E-state index contributed by atoms with van der Waals surface area (Å²) in [7, 11) is 0. The van der Waals surface area contributed by atoms with Crippen molar-refractivity contribution in [2.45, 2.75) is 13.1 Å². The summed E-state index contributed by atoms with van der Waals surface area (Å²) in [6.07, 6.45) is -4.62. The van der Waals surface area contributed by atoms with Gasteiger partial charge in [-0.25, -0.2) is 9.48 Å². The molecule has 0 radical (unpaired) electrons. The van der Waals surface area contributed by atoms with E-state index in [1.807, 2.05) is 0 Å². The van der Waals surface area contributed by atoms with Crippen LogP contribution < -0.4 is 10.7 Å². The number of carbonyl (C=O) groups is 2. The molecule has 0 aliphatic rings. The van der Waals surface area contributed by atoms with Gasteiger partial charge in [0.15, 0.2) is 6.61 Å². The van der Waals surface area contributed by atoms with Gasteiger partial charge in [-0.15, -0.1) is 0 Å². The lowest BCUT2D eigenvalue weighted by atomic mass is 10.2. The van der Waals surface area contributed by atoms with Crippen molar-refractivity contribution in [3.8, 4) is 5.69 Å². The molecule has 0 fully saturated rings. The van der Waals surface area contributed by atoms with E-state index >= 15 is 0 Å². The van der Waals surface area contributed by atoms with E-state index in [-0.39, 0.29) is 22.8 Å². The van der Waals surface area contributed by atoms with Gasteiger partial charge in [0.25, 0.3) is 11.6 Å². The summed E-state index contributed by atoms with van der Waals surface area (Å²) in [5, 5.41) is 17.0. The summed E-state index contributed by atoms with van der Waals surface area (Å²) in [6.45, 7) is 0.507. The number of nitro benzene ring substituents is 1. The lowest BCUT2D eigenvalue weighted by molar-refractivity contribution is -0.383. The molecule has 0 bridgehead atoms. The molecule has 0 spiro atoms. The number of rotatable bonds is 6. The quantitative estimate of drug-likeness (QED) is 0.328. The maximum Gasteiger partial charge on any atom is 0.416 e. The van der Waals surface area contributed by atoms with Crippen LogP contribution in [0.25, 0.3) is 5.69 Å². The van der Waals surface area contributed by atoms with E-state index in [1.165, 1.54) is 31.2 Å². The molecule has 0 aliphatic heterocycles. The normalized spacial score (nSPS) is 11.1. The summed E-state index contributed by atoms with van der Waals surface area (Å²) < 4.78 is 44.8. The van der Waals surface area contributed by atoms with E-state index in [0.29, 0.717) is 0 Å². The zero-order valence-corrected chi connectivity index (χ0v) is 17.3. The third-order valence-corrected chi connectivity index (χ3v) is 4.43. The largest absolute Gasteiger partial charge is 0.451 e. The predicted octanol–water partition coefficient (Wildman–Crippen LogP) is 3.26. The maximum atomic E-state index is 13.0. The summed E-state index contributed by atoms with van der Waals surface area (Å²) in [6, 6.07) is 10.3. The highest BCUT2D eigenvalue weighted by Crippen LogP contribution is 2.30. The molecular formula is C21H15F3N4O6. The molecule has 176 valence electrons. The number of alkyl halides is 3. The van der Waals surface area contributed by atoms with Gasteiger partial charge in [-0.1, -0.05) is 18.2 Å². The number of hydrogen-bond donors (Lipinski definition) is 1. The Balaban J connectivity index is 1.79. The molecule has 0 aliphatic carbocycles. The van der Waals surface area contributed by atoms with Crippen molar-refractivity contribution in [2.75, 3.05) is 11.9 Å². The maximum absolute atomic E-state index is 13.0. The van der Waals surface area contributed by atoms with Crippen LogP contribution >= 0.6 is 0 Å². The Morgan fingerprint density at radius 2 is 1.85 bits per heavy atom. The third kappa shape index (κ3) is 5.43. The number of nitrogens with one attached hydrogen (secondary N) is 1. The molecule has 10 nitrogen and oxygen atoms in total. The molecule has 13 heteroatoms. The first kappa shape index (κ1) is 24.1. The van der Waals surface area contributed by atoms with Crippen molar-refractivity contribution >= 4 is 23.3 Å². The average Bonchev–Trinajstić information content (AvgIpc) is 2.77. The van der Waals surface area contributed by atoms with Gasteiger partial charge in [-0.05, 0) is 31.2 Å². The van der Waals surface area contributed by atoms with E-state index in [9.17, 15) is 37.7 Å².